The third-order valence-corrected chi connectivity index (χ3v) is 2.22. The summed E-state index contributed by atoms with van der Waals surface area (Å²) in [6.07, 6.45) is 3.77. The zero-order valence-electron chi connectivity index (χ0n) is 9.15. The van der Waals surface area contributed by atoms with Gasteiger partial charge in [-0.3, -0.25) is 0 Å². The van der Waals surface area contributed by atoms with Gasteiger partial charge >= 0.3 is 0 Å². The minimum Gasteiger partial charge on any atom is -0.120 e. The first-order valence-electron chi connectivity index (χ1n) is 5.00. The van der Waals surface area contributed by atoms with Crippen molar-refractivity contribution in [1.82, 2.24) is 0 Å². The van der Waals surface area contributed by atoms with Crippen molar-refractivity contribution in [2.24, 2.45) is 11.8 Å². The van der Waals surface area contributed by atoms with Crippen LogP contribution in [0.25, 0.3) is 0 Å². The molecule has 0 aliphatic rings. The molecule has 1 unspecified atom stereocenters. The molecule has 0 aliphatic carbocycles. The molecule has 0 bridgehead atoms. The predicted molar refractivity (Wildman–Crippen MR) is 57.8 cm³/mol. The second kappa shape index (κ2) is 5.11. The van der Waals surface area contributed by atoms with Crippen molar-refractivity contribution in [3.63, 3.8) is 0 Å². The highest BCUT2D eigenvalue weighted by atomic mass is 35.5. The average Bonchev–Trinajstić information content (AvgIpc) is 1.79. The Kier molecular flexibility index (Phi) is 5.24. The number of hydrogen-bond acceptors (Lipinski definition) is 0. The second-order valence-electron chi connectivity index (χ2n) is 5.00. The van der Waals surface area contributed by atoms with Gasteiger partial charge in [-0.25, -0.2) is 0 Å². The molecule has 0 amide bonds. The first-order chi connectivity index (χ1) is 5.31. The van der Waals surface area contributed by atoms with Crippen LogP contribution in [0.3, 0.4) is 0 Å². The summed E-state index contributed by atoms with van der Waals surface area (Å²) in [5.41, 5.74) is 0. The number of halogens is 1. The van der Waals surface area contributed by atoms with E-state index in [1.54, 1.807) is 0 Å². The maximum atomic E-state index is 6.14. The van der Waals surface area contributed by atoms with Gasteiger partial charge in [0.25, 0.3) is 0 Å². The van der Waals surface area contributed by atoms with Crippen LogP contribution in [0.15, 0.2) is 0 Å². The van der Waals surface area contributed by atoms with Gasteiger partial charge in [0.2, 0.25) is 0 Å². The van der Waals surface area contributed by atoms with Gasteiger partial charge < -0.3 is 0 Å². The summed E-state index contributed by atoms with van der Waals surface area (Å²) in [5, 5.41) is 0. The second-order valence-corrected chi connectivity index (χ2v) is 6.02. The van der Waals surface area contributed by atoms with Crippen molar-refractivity contribution in [3.8, 4) is 0 Å². The average molecular weight is 191 g/mol. The Morgan fingerprint density at radius 2 is 1.58 bits per heavy atom. The van der Waals surface area contributed by atoms with E-state index in [2.05, 4.69) is 34.6 Å². The SMILES string of the molecule is CC(C)CCC(C)CC(C)(C)Cl. The molecule has 0 nitrogen and oxygen atoms in total. The summed E-state index contributed by atoms with van der Waals surface area (Å²) in [7, 11) is 0. The third kappa shape index (κ3) is 8.39. The Morgan fingerprint density at radius 3 is 1.92 bits per heavy atom. The maximum Gasteiger partial charge on any atom is 0.0393 e. The summed E-state index contributed by atoms with van der Waals surface area (Å²) >= 11 is 6.14. The van der Waals surface area contributed by atoms with Crippen molar-refractivity contribution >= 4 is 11.6 Å². The van der Waals surface area contributed by atoms with E-state index >= 15 is 0 Å². The third-order valence-electron chi connectivity index (χ3n) is 2.07. The van der Waals surface area contributed by atoms with Crippen LogP contribution in [-0.4, -0.2) is 4.87 Å². The van der Waals surface area contributed by atoms with Crippen LogP contribution in [0.2, 0.25) is 0 Å². The molecule has 0 aromatic heterocycles. The van der Waals surface area contributed by atoms with Crippen molar-refractivity contribution in [3.05, 3.63) is 0 Å². The molecule has 1 atom stereocenters. The van der Waals surface area contributed by atoms with Crippen LogP contribution in [0.5, 0.6) is 0 Å². The number of hydrogen-bond donors (Lipinski definition) is 0. The fraction of sp³-hybridized carbons (Fsp3) is 1.00. The highest BCUT2D eigenvalue weighted by Crippen LogP contribution is 2.26. The van der Waals surface area contributed by atoms with Crippen LogP contribution in [0, 0.1) is 11.8 Å². The van der Waals surface area contributed by atoms with Gasteiger partial charge in [-0.05, 0) is 32.1 Å². The molecule has 0 saturated heterocycles. The van der Waals surface area contributed by atoms with Crippen molar-refractivity contribution < 1.29 is 0 Å². The fourth-order valence-electron chi connectivity index (χ4n) is 1.55. The Labute approximate surface area is 82.7 Å². The Morgan fingerprint density at radius 1 is 1.08 bits per heavy atom. The van der Waals surface area contributed by atoms with E-state index in [-0.39, 0.29) is 4.87 Å². The highest BCUT2D eigenvalue weighted by Gasteiger charge is 2.17. The molecule has 0 aromatic carbocycles. The lowest BCUT2D eigenvalue weighted by atomic mass is 9.91. The first kappa shape index (κ1) is 12.3. The van der Waals surface area contributed by atoms with Crippen molar-refractivity contribution in [2.45, 2.75) is 58.8 Å². The van der Waals surface area contributed by atoms with Gasteiger partial charge in [0.15, 0.2) is 0 Å². The lowest BCUT2D eigenvalue weighted by Crippen LogP contribution is -2.15. The highest BCUT2D eigenvalue weighted by molar-refractivity contribution is 6.23. The quantitative estimate of drug-likeness (QED) is 0.562. The van der Waals surface area contributed by atoms with Gasteiger partial charge in [-0.2, -0.15) is 0 Å². The summed E-state index contributed by atoms with van der Waals surface area (Å²) < 4.78 is 0. The fourth-order valence-corrected chi connectivity index (χ4v) is 1.81. The molecule has 0 aromatic rings. The predicted octanol–water partition coefficient (Wildman–Crippen LogP) is 4.47. The van der Waals surface area contributed by atoms with Gasteiger partial charge in [0.1, 0.15) is 0 Å². The monoisotopic (exact) mass is 190 g/mol. The van der Waals surface area contributed by atoms with Crippen molar-refractivity contribution in [1.29, 1.82) is 0 Å². The summed E-state index contributed by atoms with van der Waals surface area (Å²) in [5.74, 6) is 1.59. The lowest BCUT2D eigenvalue weighted by Gasteiger charge is -2.21. The summed E-state index contributed by atoms with van der Waals surface area (Å²) in [6, 6.07) is 0. The van der Waals surface area contributed by atoms with E-state index < -0.39 is 0 Å². The van der Waals surface area contributed by atoms with E-state index in [9.17, 15) is 0 Å². The molecule has 0 N–H and O–H groups in total. The smallest absolute Gasteiger partial charge is 0.0393 e. The van der Waals surface area contributed by atoms with E-state index in [4.69, 9.17) is 11.6 Å². The largest absolute Gasteiger partial charge is 0.120 e. The van der Waals surface area contributed by atoms with E-state index in [1.165, 1.54) is 12.8 Å². The molecular weight excluding hydrogens is 168 g/mol. The van der Waals surface area contributed by atoms with Crippen molar-refractivity contribution in [2.75, 3.05) is 0 Å². The summed E-state index contributed by atoms with van der Waals surface area (Å²) in [4.78, 5) is -0.0175. The van der Waals surface area contributed by atoms with Gasteiger partial charge in [0, 0.05) is 4.87 Å². The molecule has 1 heteroatoms. The molecule has 0 saturated carbocycles. The van der Waals surface area contributed by atoms with E-state index in [1.807, 2.05) is 0 Å². The lowest BCUT2D eigenvalue weighted by molar-refractivity contribution is 0.394. The first-order valence-corrected chi connectivity index (χ1v) is 5.38. The molecule has 0 fully saturated rings. The molecule has 74 valence electrons. The van der Waals surface area contributed by atoms with Crippen LogP contribution in [0.1, 0.15) is 53.9 Å². The number of alkyl halides is 1. The van der Waals surface area contributed by atoms with Crippen LogP contribution >= 0.6 is 11.6 Å². The Balaban J connectivity index is 3.53. The molecule has 0 spiro atoms. The van der Waals surface area contributed by atoms with Gasteiger partial charge in [-0.1, -0.05) is 33.6 Å². The van der Waals surface area contributed by atoms with Crippen LogP contribution in [0.4, 0.5) is 0 Å². The summed E-state index contributed by atoms with van der Waals surface area (Å²) in [6.45, 7) is 11.0. The molecule has 12 heavy (non-hydrogen) atoms. The minimum absolute atomic E-state index is 0.0175. The molecule has 0 rings (SSSR count). The van der Waals surface area contributed by atoms with Gasteiger partial charge in [-0.15, -0.1) is 11.6 Å². The zero-order chi connectivity index (χ0) is 9.78. The Hall–Kier alpha value is 0.290. The molecule has 0 radical (unpaired) electrons. The van der Waals surface area contributed by atoms with Crippen LogP contribution in [-0.2, 0) is 0 Å². The molecular formula is C11H23Cl. The van der Waals surface area contributed by atoms with Gasteiger partial charge in [0.05, 0.1) is 0 Å². The molecule has 0 heterocycles. The minimum atomic E-state index is -0.0175. The Bertz CT molecular complexity index is 111. The van der Waals surface area contributed by atoms with Crippen LogP contribution < -0.4 is 0 Å². The van der Waals surface area contributed by atoms with E-state index in [0.717, 1.165) is 18.3 Å². The zero-order valence-corrected chi connectivity index (χ0v) is 9.91. The standard InChI is InChI=1S/C11H23Cl/c1-9(2)6-7-10(3)8-11(4,5)12/h9-10H,6-8H2,1-5H3. The molecule has 0 aliphatic heterocycles. The number of rotatable bonds is 5. The topological polar surface area (TPSA) is 0 Å². The maximum absolute atomic E-state index is 6.14. The normalized spacial score (nSPS) is 15.2. The van der Waals surface area contributed by atoms with E-state index in [0.29, 0.717) is 0 Å².